The second-order valence-corrected chi connectivity index (χ2v) is 4.42. The number of halogens is 1. The average Bonchev–Trinajstić information content (AvgIpc) is 2.38. The number of nitrogens with zero attached hydrogens (tertiary/aromatic N) is 1. The molecule has 0 aliphatic carbocycles. The van der Waals surface area contributed by atoms with Gasteiger partial charge in [0.05, 0.1) is 17.3 Å². The SMILES string of the molecule is COc1ccc(CNc2cccnc2)cc1Br. The van der Waals surface area contributed by atoms with Gasteiger partial charge in [0.1, 0.15) is 5.75 Å². The van der Waals surface area contributed by atoms with Gasteiger partial charge in [-0.15, -0.1) is 0 Å². The van der Waals surface area contributed by atoms with Gasteiger partial charge in [-0.2, -0.15) is 0 Å². The molecule has 0 atom stereocenters. The summed E-state index contributed by atoms with van der Waals surface area (Å²) in [7, 11) is 1.66. The van der Waals surface area contributed by atoms with Gasteiger partial charge in [0.15, 0.2) is 0 Å². The minimum absolute atomic E-state index is 0.758. The van der Waals surface area contributed by atoms with Crippen LogP contribution in [0.1, 0.15) is 5.56 Å². The third-order valence-corrected chi connectivity index (χ3v) is 2.99. The van der Waals surface area contributed by atoms with Crippen LogP contribution in [0.25, 0.3) is 0 Å². The lowest BCUT2D eigenvalue weighted by Crippen LogP contribution is -1.99. The molecule has 0 amide bonds. The average molecular weight is 293 g/mol. The number of rotatable bonds is 4. The minimum atomic E-state index is 0.758. The second-order valence-electron chi connectivity index (χ2n) is 3.56. The number of hydrogen-bond acceptors (Lipinski definition) is 3. The number of methoxy groups -OCH3 is 1. The Labute approximate surface area is 109 Å². The Morgan fingerprint density at radius 2 is 2.24 bits per heavy atom. The highest BCUT2D eigenvalue weighted by Gasteiger charge is 2.01. The van der Waals surface area contributed by atoms with E-state index in [0.717, 1.165) is 22.5 Å². The molecule has 0 bridgehead atoms. The zero-order valence-electron chi connectivity index (χ0n) is 9.48. The molecule has 2 aromatic rings. The van der Waals surface area contributed by atoms with Crippen LogP contribution in [0.15, 0.2) is 47.2 Å². The van der Waals surface area contributed by atoms with Crippen LogP contribution in [-0.2, 0) is 6.54 Å². The molecule has 1 N–H and O–H groups in total. The first-order chi connectivity index (χ1) is 8.29. The molecule has 1 heterocycles. The van der Waals surface area contributed by atoms with Gasteiger partial charge < -0.3 is 10.1 Å². The predicted octanol–water partition coefficient (Wildman–Crippen LogP) is 3.46. The van der Waals surface area contributed by atoms with Crippen molar-refractivity contribution in [2.75, 3.05) is 12.4 Å². The summed E-state index contributed by atoms with van der Waals surface area (Å²) in [6.45, 7) is 0.758. The molecule has 17 heavy (non-hydrogen) atoms. The zero-order chi connectivity index (χ0) is 12.1. The van der Waals surface area contributed by atoms with Crippen LogP contribution in [0.2, 0.25) is 0 Å². The van der Waals surface area contributed by atoms with Gasteiger partial charge in [-0.3, -0.25) is 4.98 Å². The fraction of sp³-hybridized carbons (Fsp3) is 0.154. The third-order valence-electron chi connectivity index (χ3n) is 2.37. The summed E-state index contributed by atoms with van der Waals surface area (Å²) in [6.07, 6.45) is 3.56. The molecule has 0 radical (unpaired) electrons. The number of anilines is 1. The van der Waals surface area contributed by atoms with Gasteiger partial charge in [0.25, 0.3) is 0 Å². The maximum absolute atomic E-state index is 5.19. The van der Waals surface area contributed by atoms with Crippen LogP contribution in [0.5, 0.6) is 5.75 Å². The van der Waals surface area contributed by atoms with E-state index in [2.05, 4.69) is 26.2 Å². The molecule has 0 unspecified atom stereocenters. The van der Waals surface area contributed by atoms with E-state index in [0.29, 0.717) is 0 Å². The summed E-state index contributed by atoms with van der Waals surface area (Å²) in [5.41, 5.74) is 2.20. The predicted molar refractivity (Wildman–Crippen MR) is 72.3 cm³/mol. The van der Waals surface area contributed by atoms with Crippen molar-refractivity contribution in [1.29, 1.82) is 0 Å². The van der Waals surface area contributed by atoms with Crippen molar-refractivity contribution in [3.63, 3.8) is 0 Å². The molecule has 0 spiro atoms. The van der Waals surface area contributed by atoms with Crippen LogP contribution < -0.4 is 10.1 Å². The molecule has 4 heteroatoms. The van der Waals surface area contributed by atoms with Crippen LogP contribution >= 0.6 is 15.9 Å². The topological polar surface area (TPSA) is 34.1 Å². The Kier molecular flexibility index (Phi) is 3.98. The summed E-state index contributed by atoms with van der Waals surface area (Å²) in [6, 6.07) is 9.93. The quantitative estimate of drug-likeness (QED) is 0.937. The summed E-state index contributed by atoms with van der Waals surface area (Å²) in [5, 5.41) is 3.30. The number of ether oxygens (including phenoxy) is 1. The number of hydrogen-bond donors (Lipinski definition) is 1. The van der Waals surface area contributed by atoms with E-state index in [1.165, 1.54) is 5.56 Å². The fourth-order valence-electron chi connectivity index (χ4n) is 1.49. The van der Waals surface area contributed by atoms with Gasteiger partial charge in [-0.05, 0) is 45.8 Å². The molecule has 0 aliphatic rings. The number of benzene rings is 1. The first kappa shape index (κ1) is 11.9. The van der Waals surface area contributed by atoms with Crippen LogP contribution in [0, 0.1) is 0 Å². The maximum Gasteiger partial charge on any atom is 0.133 e. The van der Waals surface area contributed by atoms with E-state index >= 15 is 0 Å². The van der Waals surface area contributed by atoms with Crippen LogP contribution in [-0.4, -0.2) is 12.1 Å². The first-order valence-corrected chi connectivity index (χ1v) is 6.05. The molecule has 88 valence electrons. The van der Waals surface area contributed by atoms with Crippen molar-refractivity contribution in [2.45, 2.75) is 6.54 Å². The van der Waals surface area contributed by atoms with Gasteiger partial charge in [-0.1, -0.05) is 6.07 Å². The molecular weight excluding hydrogens is 280 g/mol. The van der Waals surface area contributed by atoms with E-state index < -0.39 is 0 Å². The largest absolute Gasteiger partial charge is 0.496 e. The minimum Gasteiger partial charge on any atom is -0.496 e. The molecule has 1 aromatic carbocycles. The van der Waals surface area contributed by atoms with Crippen LogP contribution in [0.3, 0.4) is 0 Å². The maximum atomic E-state index is 5.19. The highest BCUT2D eigenvalue weighted by Crippen LogP contribution is 2.25. The molecule has 0 saturated heterocycles. The van der Waals surface area contributed by atoms with E-state index in [1.807, 2.05) is 30.3 Å². The molecule has 1 aromatic heterocycles. The van der Waals surface area contributed by atoms with E-state index in [4.69, 9.17) is 4.74 Å². The smallest absolute Gasteiger partial charge is 0.133 e. The standard InChI is InChI=1S/C13H13BrN2O/c1-17-13-5-4-10(7-12(13)14)8-16-11-3-2-6-15-9-11/h2-7,9,16H,8H2,1H3. The van der Waals surface area contributed by atoms with E-state index in [-0.39, 0.29) is 0 Å². The highest BCUT2D eigenvalue weighted by molar-refractivity contribution is 9.10. The summed E-state index contributed by atoms with van der Waals surface area (Å²) in [5.74, 6) is 0.843. The zero-order valence-corrected chi connectivity index (χ0v) is 11.1. The summed E-state index contributed by atoms with van der Waals surface area (Å²) >= 11 is 3.47. The highest BCUT2D eigenvalue weighted by atomic mass is 79.9. The molecular formula is C13H13BrN2O. The Balaban J connectivity index is 2.02. The number of pyridine rings is 1. The second kappa shape index (κ2) is 5.68. The Morgan fingerprint density at radius 3 is 2.88 bits per heavy atom. The Bertz CT molecular complexity index is 488. The lowest BCUT2D eigenvalue weighted by atomic mass is 10.2. The monoisotopic (exact) mass is 292 g/mol. The van der Waals surface area contributed by atoms with E-state index in [1.54, 1.807) is 19.5 Å². The molecule has 3 nitrogen and oxygen atoms in total. The van der Waals surface area contributed by atoms with E-state index in [9.17, 15) is 0 Å². The Hall–Kier alpha value is -1.55. The number of aromatic nitrogens is 1. The van der Waals surface area contributed by atoms with Crippen molar-refractivity contribution < 1.29 is 4.74 Å². The van der Waals surface area contributed by atoms with Gasteiger partial charge >= 0.3 is 0 Å². The molecule has 0 fully saturated rings. The first-order valence-electron chi connectivity index (χ1n) is 5.26. The summed E-state index contributed by atoms with van der Waals surface area (Å²) in [4.78, 5) is 4.05. The van der Waals surface area contributed by atoms with Gasteiger partial charge in [0, 0.05) is 18.9 Å². The normalized spacial score (nSPS) is 10.0. The van der Waals surface area contributed by atoms with Gasteiger partial charge in [-0.25, -0.2) is 0 Å². The number of nitrogens with one attached hydrogen (secondary N) is 1. The molecule has 2 rings (SSSR count). The summed E-state index contributed by atoms with van der Waals surface area (Å²) < 4.78 is 6.15. The van der Waals surface area contributed by atoms with Crippen molar-refractivity contribution in [2.24, 2.45) is 0 Å². The van der Waals surface area contributed by atoms with Crippen molar-refractivity contribution in [3.05, 3.63) is 52.8 Å². The molecule has 0 aliphatic heterocycles. The van der Waals surface area contributed by atoms with Crippen molar-refractivity contribution >= 4 is 21.6 Å². The lowest BCUT2D eigenvalue weighted by Gasteiger charge is -2.08. The third kappa shape index (κ3) is 3.20. The lowest BCUT2D eigenvalue weighted by molar-refractivity contribution is 0.412. The van der Waals surface area contributed by atoms with Crippen molar-refractivity contribution in [3.8, 4) is 5.75 Å². The fourth-order valence-corrected chi connectivity index (χ4v) is 2.08. The van der Waals surface area contributed by atoms with Crippen LogP contribution in [0.4, 0.5) is 5.69 Å². The molecule has 0 saturated carbocycles. The van der Waals surface area contributed by atoms with Crippen molar-refractivity contribution in [1.82, 2.24) is 4.98 Å². The Morgan fingerprint density at radius 1 is 1.35 bits per heavy atom. The van der Waals surface area contributed by atoms with Gasteiger partial charge in [0.2, 0.25) is 0 Å².